The van der Waals surface area contributed by atoms with E-state index in [1.165, 1.54) is 17.3 Å². The number of aromatic nitrogens is 2. The van der Waals surface area contributed by atoms with E-state index in [1.54, 1.807) is 6.07 Å². The molecule has 0 bridgehead atoms. The molecule has 1 aromatic heterocycles. The van der Waals surface area contributed by atoms with Crippen molar-refractivity contribution < 1.29 is 9.59 Å². The Bertz CT molecular complexity index is 917. The van der Waals surface area contributed by atoms with Crippen molar-refractivity contribution in [3.63, 3.8) is 0 Å². The molecule has 0 radical (unpaired) electrons. The van der Waals surface area contributed by atoms with Crippen molar-refractivity contribution in [2.75, 3.05) is 43.4 Å². The second kappa shape index (κ2) is 11.9. The Morgan fingerprint density at radius 2 is 1.97 bits per heavy atom. The van der Waals surface area contributed by atoms with Gasteiger partial charge >= 0.3 is 6.03 Å². The summed E-state index contributed by atoms with van der Waals surface area (Å²) >= 11 is 7.49. The lowest BCUT2D eigenvalue weighted by Gasteiger charge is -2.40. The third-order valence-corrected chi connectivity index (χ3v) is 6.15. The maximum absolute atomic E-state index is 12.2. The molecule has 1 aliphatic rings. The molecule has 0 spiro atoms. The second-order valence-corrected chi connectivity index (χ2v) is 8.86. The van der Waals surface area contributed by atoms with Gasteiger partial charge in [0, 0.05) is 44.8 Å². The number of hydrogen-bond acceptors (Lipinski definition) is 6. The van der Waals surface area contributed by atoms with Gasteiger partial charge in [0.05, 0.1) is 5.75 Å². The van der Waals surface area contributed by atoms with Crippen molar-refractivity contribution in [3.8, 4) is 0 Å². The van der Waals surface area contributed by atoms with E-state index in [1.807, 2.05) is 49.1 Å². The Labute approximate surface area is 198 Å². The van der Waals surface area contributed by atoms with Crippen LogP contribution in [0, 0.1) is 0 Å². The molecule has 1 unspecified atom stereocenters. The van der Waals surface area contributed by atoms with Crippen molar-refractivity contribution in [1.82, 2.24) is 25.5 Å². The number of piperazine rings is 1. The molecule has 2 aromatic rings. The fourth-order valence-corrected chi connectivity index (χ4v) is 4.42. The minimum absolute atomic E-state index is 0.0375. The number of amides is 3. The van der Waals surface area contributed by atoms with E-state index in [-0.39, 0.29) is 23.7 Å². The molecule has 3 amide bonds. The van der Waals surface area contributed by atoms with E-state index in [4.69, 9.17) is 11.6 Å². The third kappa shape index (κ3) is 7.00. The Hall–Kier alpha value is -2.52. The lowest BCUT2D eigenvalue weighted by Crippen LogP contribution is -2.56. The summed E-state index contributed by atoms with van der Waals surface area (Å²) in [6, 6.07) is 11.7. The fourth-order valence-electron chi connectivity index (χ4n) is 3.50. The summed E-state index contributed by atoms with van der Waals surface area (Å²) < 4.78 is 0. The van der Waals surface area contributed by atoms with E-state index in [9.17, 15) is 9.59 Å². The lowest BCUT2D eigenvalue weighted by atomic mass is 10.1. The number of anilines is 1. The first kappa shape index (κ1) is 24.1. The number of hydrogen-bond donors (Lipinski definition) is 2. The summed E-state index contributed by atoms with van der Waals surface area (Å²) in [6.07, 6.45) is 0.787. The van der Waals surface area contributed by atoms with Gasteiger partial charge in [0.15, 0.2) is 5.16 Å². The molecule has 10 heteroatoms. The molecule has 1 saturated heterocycles. The Kier molecular flexibility index (Phi) is 8.99. The highest BCUT2D eigenvalue weighted by Crippen LogP contribution is 2.24. The molecule has 172 valence electrons. The average molecular weight is 477 g/mol. The minimum Gasteiger partial charge on any atom is -0.355 e. The lowest BCUT2D eigenvalue weighted by molar-refractivity contribution is -0.118. The SMILES string of the molecule is CCNC(=O)N1CCN(c2cc(Cl)nc(SCC(=O)NCCc3ccccc3)n2)CC1C. The van der Waals surface area contributed by atoms with E-state index in [0.717, 1.165) is 6.42 Å². The molecule has 2 N–H and O–H groups in total. The van der Waals surface area contributed by atoms with Crippen molar-refractivity contribution in [3.05, 3.63) is 47.1 Å². The largest absolute Gasteiger partial charge is 0.355 e. The van der Waals surface area contributed by atoms with Crippen molar-refractivity contribution in [2.45, 2.75) is 31.5 Å². The van der Waals surface area contributed by atoms with Crippen LogP contribution in [0.1, 0.15) is 19.4 Å². The number of benzene rings is 1. The summed E-state index contributed by atoms with van der Waals surface area (Å²) in [6.45, 7) is 7.00. The Morgan fingerprint density at radius 1 is 1.19 bits per heavy atom. The number of carbonyl (C=O) groups is 2. The molecule has 1 aromatic carbocycles. The van der Waals surface area contributed by atoms with Crippen LogP contribution in [0.5, 0.6) is 0 Å². The van der Waals surface area contributed by atoms with Crippen LogP contribution in [0.15, 0.2) is 41.6 Å². The molecule has 1 aliphatic heterocycles. The highest BCUT2D eigenvalue weighted by molar-refractivity contribution is 7.99. The maximum Gasteiger partial charge on any atom is 0.317 e. The van der Waals surface area contributed by atoms with Gasteiger partial charge in [-0.1, -0.05) is 53.7 Å². The molecule has 0 saturated carbocycles. The van der Waals surface area contributed by atoms with Gasteiger partial charge in [-0.25, -0.2) is 14.8 Å². The topological polar surface area (TPSA) is 90.5 Å². The number of rotatable bonds is 8. The molecule has 1 atom stereocenters. The predicted molar refractivity (Wildman–Crippen MR) is 128 cm³/mol. The molecule has 2 heterocycles. The summed E-state index contributed by atoms with van der Waals surface area (Å²) in [7, 11) is 0. The van der Waals surface area contributed by atoms with Crippen molar-refractivity contribution >= 4 is 41.1 Å². The molecule has 3 rings (SSSR count). The Morgan fingerprint density at radius 3 is 2.69 bits per heavy atom. The molecule has 8 nitrogen and oxygen atoms in total. The van der Waals surface area contributed by atoms with Crippen LogP contribution in [0.4, 0.5) is 10.6 Å². The van der Waals surface area contributed by atoms with Crippen LogP contribution >= 0.6 is 23.4 Å². The smallest absolute Gasteiger partial charge is 0.317 e. The van der Waals surface area contributed by atoms with E-state index in [2.05, 4.69) is 25.5 Å². The highest BCUT2D eigenvalue weighted by Gasteiger charge is 2.28. The van der Waals surface area contributed by atoms with Crippen LogP contribution in [0.2, 0.25) is 5.15 Å². The summed E-state index contributed by atoms with van der Waals surface area (Å²) in [4.78, 5) is 37.1. The summed E-state index contributed by atoms with van der Waals surface area (Å²) in [5.74, 6) is 0.857. The fraction of sp³-hybridized carbons (Fsp3) is 0.455. The quantitative estimate of drug-likeness (QED) is 0.346. The van der Waals surface area contributed by atoms with Crippen molar-refractivity contribution in [1.29, 1.82) is 0 Å². The van der Waals surface area contributed by atoms with Crippen LogP contribution in [0.25, 0.3) is 0 Å². The second-order valence-electron chi connectivity index (χ2n) is 7.53. The zero-order valence-electron chi connectivity index (χ0n) is 18.4. The molecule has 0 aliphatic carbocycles. The number of carbonyl (C=O) groups excluding carboxylic acids is 2. The maximum atomic E-state index is 12.2. The zero-order chi connectivity index (χ0) is 22.9. The standard InChI is InChI=1S/C22H29ClN6O2S/c1-3-24-22(31)29-12-11-28(14-16(29)2)19-13-18(23)26-21(27-19)32-15-20(30)25-10-9-17-7-5-4-6-8-17/h4-8,13,16H,3,9-12,14-15H2,1-2H3,(H,24,31)(H,25,30). The first-order chi connectivity index (χ1) is 15.5. The number of urea groups is 1. The average Bonchev–Trinajstić information content (AvgIpc) is 2.78. The first-order valence-corrected chi connectivity index (χ1v) is 12.1. The van der Waals surface area contributed by atoms with Gasteiger partial charge < -0.3 is 20.4 Å². The minimum atomic E-state index is -0.0692. The number of thioether (sulfide) groups is 1. The van der Waals surface area contributed by atoms with Crippen LogP contribution in [-0.2, 0) is 11.2 Å². The van der Waals surface area contributed by atoms with Gasteiger partial charge in [0.25, 0.3) is 0 Å². The highest BCUT2D eigenvalue weighted by atomic mass is 35.5. The van der Waals surface area contributed by atoms with Crippen molar-refractivity contribution in [2.24, 2.45) is 0 Å². The third-order valence-electron chi connectivity index (χ3n) is 5.11. The van der Waals surface area contributed by atoms with E-state index >= 15 is 0 Å². The number of nitrogens with zero attached hydrogens (tertiary/aromatic N) is 4. The van der Waals surface area contributed by atoms with E-state index < -0.39 is 0 Å². The van der Waals surface area contributed by atoms with Crippen LogP contribution < -0.4 is 15.5 Å². The van der Waals surface area contributed by atoms with Gasteiger partial charge in [0.1, 0.15) is 11.0 Å². The van der Waals surface area contributed by atoms with Gasteiger partial charge in [-0.2, -0.15) is 0 Å². The monoisotopic (exact) mass is 476 g/mol. The molecule has 1 fully saturated rings. The van der Waals surface area contributed by atoms with Crippen LogP contribution in [-0.4, -0.2) is 71.3 Å². The number of nitrogens with one attached hydrogen (secondary N) is 2. The molecular formula is C22H29ClN6O2S. The van der Waals surface area contributed by atoms with Crippen LogP contribution in [0.3, 0.4) is 0 Å². The molecule has 32 heavy (non-hydrogen) atoms. The normalized spacial score (nSPS) is 16.0. The van der Waals surface area contributed by atoms with Gasteiger partial charge in [-0.3, -0.25) is 4.79 Å². The molecular weight excluding hydrogens is 448 g/mol. The summed E-state index contributed by atoms with van der Waals surface area (Å²) in [5.41, 5.74) is 1.18. The zero-order valence-corrected chi connectivity index (χ0v) is 20.0. The number of halogens is 1. The summed E-state index contributed by atoms with van der Waals surface area (Å²) in [5, 5.41) is 6.57. The predicted octanol–water partition coefficient (Wildman–Crippen LogP) is 2.82. The van der Waals surface area contributed by atoms with E-state index in [0.29, 0.717) is 48.9 Å². The van der Waals surface area contributed by atoms with Gasteiger partial charge in [0.2, 0.25) is 5.91 Å². The first-order valence-electron chi connectivity index (χ1n) is 10.7. The Balaban J connectivity index is 1.51. The van der Waals surface area contributed by atoms with Gasteiger partial charge in [-0.15, -0.1) is 0 Å². The van der Waals surface area contributed by atoms with Gasteiger partial charge in [-0.05, 0) is 25.8 Å².